The molecule has 2 aromatic heterocycles. The Kier molecular flexibility index (Phi) is 3.42. The van der Waals surface area contributed by atoms with Crippen molar-refractivity contribution < 1.29 is 9.21 Å². The van der Waals surface area contributed by atoms with Gasteiger partial charge in [0.1, 0.15) is 6.54 Å². The van der Waals surface area contributed by atoms with Crippen LogP contribution in [0.25, 0.3) is 22.1 Å². The van der Waals surface area contributed by atoms with Crippen molar-refractivity contribution in [2.24, 2.45) is 0 Å². The molecule has 0 bridgehead atoms. The predicted molar refractivity (Wildman–Crippen MR) is 91.5 cm³/mol. The first kappa shape index (κ1) is 14.9. The van der Waals surface area contributed by atoms with Gasteiger partial charge in [0.25, 0.3) is 5.56 Å². The summed E-state index contributed by atoms with van der Waals surface area (Å²) in [5, 5.41) is 2.70. The molecule has 0 saturated carbocycles. The number of rotatable bonds is 3. The van der Waals surface area contributed by atoms with Crippen LogP contribution in [0.5, 0.6) is 0 Å². The van der Waals surface area contributed by atoms with Crippen LogP contribution in [-0.4, -0.2) is 20.4 Å². The maximum atomic E-state index is 12.3. The van der Waals surface area contributed by atoms with E-state index in [1.165, 1.54) is 10.8 Å². The molecule has 1 amide bonds. The second-order valence-electron chi connectivity index (χ2n) is 5.44. The minimum atomic E-state index is -0.562. The molecule has 0 aliphatic heterocycles. The summed E-state index contributed by atoms with van der Waals surface area (Å²) in [5.74, 6) is -0.933. The number of carbonyl (C=O) groups is 1. The minimum absolute atomic E-state index is 0.151. The van der Waals surface area contributed by atoms with Gasteiger partial charge in [-0.25, -0.2) is 9.78 Å². The molecule has 4 aromatic rings. The standard InChI is InChI=1S/C17H12N4O4/c22-15(19-10-5-6-14-12(7-10)20-17(24)25-14)9-21-13-4-2-1-3-11(13)18-8-16(21)23/h1-8H,9H2,(H,19,22)(H,20,24). The summed E-state index contributed by atoms with van der Waals surface area (Å²) in [5.41, 5.74) is 2.23. The Balaban J connectivity index is 1.62. The van der Waals surface area contributed by atoms with Gasteiger partial charge >= 0.3 is 5.76 Å². The molecule has 25 heavy (non-hydrogen) atoms. The number of H-pyrrole nitrogens is 1. The fourth-order valence-corrected chi connectivity index (χ4v) is 2.65. The third-order valence-corrected chi connectivity index (χ3v) is 3.76. The quantitative estimate of drug-likeness (QED) is 0.589. The first-order chi connectivity index (χ1) is 12.1. The summed E-state index contributed by atoms with van der Waals surface area (Å²) >= 11 is 0. The number of anilines is 1. The summed E-state index contributed by atoms with van der Waals surface area (Å²) in [6.45, 7) is -0.151. The smallest absolute Gasteiger partial charge is 0.408 e. The van der Waals surface area contributed by atoms with E-state index < -0.39 is 5.76 Å². The molecule has 4 rings (SSSR count). The number of nitrogens with zero attached hydrogens (tertiary/aromatic N) is 2. The number of para-hydroxylation sites is 2. The molecule has 2 aromatic carbocycles. The monoisotopic (exact) mass is 336 g/mol. The lowest BCUT2D eigenvalue weighted by Crippen LogP contribution is -2.27. The summed E-state index contributed by atoms with van der Waals surface area (Å²) in [6.07, 6.45) is 1.19. The third kappa shape index (κ3) is 2.80. The molecule has 0 radical (unpaired) electrons. The fraction of sp³-hybridized carbons (Fsp3) is 0.0588. The van der Waals surface area contributed by atoms with Crippen LogP contribution in [0.3, 0.4) is 0 Å². The lowest BCUT2D eigenvalue weighted by atomic mass is 10.2. The fourth-order valence-electron chi connectivity index (χ4n) is 2.65. The molecule has 0 aliphatic rings. The van der Waals surface area contributed by atoms with E-state index in [1.54, 1.807) is 36.4 Å². The highest BCUT2D eigenvalue weighted by atomic mass is 16.4. The largest absolute Gasteiger partial charge is 0.417 e. The van der Waals surface area contributed by atoms with Crippen LogP contribution in [0.2, 0.25) is 0 Å². The van der Waals surface area contributed by atoms with Crippen LogP contribution < -0.4 is 16.6 Å². The molecule has 8 heteroatoms. The number of oxazole rings is 1. The van der Waals surface area contributed by atoms with E-state index in [-0.39, 0.29) is 18.0 Å². The number of amides is 1. The number of nitrogens with one attached hydrogen (secondary N) is 2. The van der Waals surface area contributed by atoms with Crippen molar-refractivity contribution in [2.45, 2.75) is 6.54 Å². The minimum Gasteiger partial charge on any atom is -0.408 e. The van der Waals surface area contributed by atoms with Gasteiger partial charge < -0.3 is 9.73 Å². The number of hydrogen-bond acceptors (Lipinski definition) is 5. The second-order valence-corrected chi connectivity index (χ2v) is 5.44. The number of benzene rings is 2. The van der Waals surface area contributed by atoms with Gasteiger partial charge in [-0.1, -0.05) is 12.1 Å². The lowest BCUT2D eigenvalue weighted by Gasteiger charge is -2.10. The van der Waals surface area contributed by atoms with Crippen molar-refractivity contribution in [3.05, 3.63) is 69.6 Å². The van der Waals surface area contributed by atoms with E-state index in [9.17, 15) is 14.4 Å². The first-order valence-electron chi connectivity index (χ1n) is 7.47. The van der Waals surface area contributed by atoms with Gasteiger partial charge in [0.05, 0.1) is 22.7 Å². The molecule has 8 nitrogen and oxygen atoms in total. The van der Waals surface area contributed by atoms with Gasteiger partial charge in [0.2, 0.25) is 5.91 Å². The van der Waals surface area contributed by atoms with Gasteiger partial charge in [0, 0.05) is 5.69 Å². The van der Waals surface area contributed by atoms with Crippen LogP contribution >= 0.6 is 0 Å². The van der Waals surface area contributed by atoms with Gasteiger partial charge in [-0.05, 0) is 30.3 Å². The number of carbonyl (C=O) groups excluding carboxylic acids is 1. The highest BCUT2D eigenvalue weighted by Crippen LogP contribution is 2.16. The molecule has 124 valence electrons. The van der Waals surface area contributed by atoms with Crippen LogP contribution in [0, 0.1) is 0 Å². The van der Waals surface area contributed by atoms with Crippen molar-refractivity contribution in [1.29, 1.82) is 0 Å². The van der Waals surface area contributed by atoms with E-state index in [4.69, 9.17) is 4.42 Å². The highest BCUT2D eigenvalue weighted by Gasteiger charge is 2.10. The number of hydrogen-bond donors (Lipinski definition) is 2. The second kappa shape index (κ2) is 5.75. The average molecular weight is 336 g/mol. The molecule has 2 heterocycles. The van der Waals surface area contributed by atoms with Gasteiger partial charge in [-0.15, -0.1) is 0 Å². The normalized spacial score (nSPS) is 11.0. The topological polar surface area (TPSA) is 110 Å². The molecule has 0 aliphatic carbocycles. The van der Waals surface area contributed by atoms with Crippen LogP contribution in [0.15, 0.2) is 62.7 Å². The van der Waals surface area contributed by atoms with Gasteiger partial charge in [-0.3, -0.25) is 19.1 Å². The average Bonchev–Trinajstić information content (AvgIpc) is 2.97. The number of aromatic nitrogens is 3. The third-order valence-electron chi connectivity index (χ3n) is 3.76. The highest BCUT2D eigenvalue weighted by molar-refractivity contribution is 5.93. The molecule has 0 fully saturated rings. The Morgan fingerprint density at radius 3 is 2.92 bits per heavy atom. The number of fused-ring (bicyclic) bond motifs is 2. The van der Waals surface area contributed by atoms with Crippen molar-refractivity contribution >= 4 is 33.7 Å². The molecule has 0 saturated heterocycles. The van der Waals surface area contributed by atoms with Crippen molar-refractivity contribution in [1.82, 2.24) is 14.5 Å². The molecular formula is C17H12N4O4. The Labute approximate surface area is 139 Å². The molecule has 0 atom stereocenters. The predicted octanol–water partition coefficient (Wildman–Crippen LogP) is 1.47. The van der Waals surface area contributed by atoms with E-state index in [2.05, 4.69) is 15.3 Å². The molecule has 0 unspecified atom stereocenters. The van der Waals surface area contributed by atoms with E-state index in [1.807, 2.05) is 6.07 Å². The van der Waals surface area contributed by atoms with Crippen LogP contribution in [0.1, 0.15) is 0 Å². The summed E-state index contributed by atoms with van der Waals surface area (Å²) in [4.78, 5) is 42.1. The Morgan fingerprint density at radius 1 is 1.20 bits per heavy atom. The van der Waals surface area contributed by atoms with E-state index in [0.717, 1.165) is 0 Å². The maximum Gasteiger partial charge on any atom is 0.417 e. The van der Waals surface area contributed by atoms with Crippen LogP contribution in [-0.2, 0) is 11.3 Å². The van der Waals surface area contributed by atoms with E-state index >= 15 is 0 Å². The van der Waals surface area contributed by atoms with E-state index in [0.29, 0.717) is 27.8 Å². The summed E-state index contributed by atoms with van der Waals surface area (Å²) in [7, 11) is 0. The van der Waals surface area contributed by atoms with Crippen molar-refractivity contribution in [2.75, 3.05) is 5.32 Å². The summed E-state index contributed by atoms with van der Waals surface area (Å²) < 4.78 is 6.27. The molecular weight excluding hydrogens is 324 g/mol. The van der Waals surface area contributed by atoms with Gasteiger partial charge in [-0.2, -0.15) is 0 Å². The van der Waals surface area contributed by atoms with Crippen molar-refractivity contribution in [3.63, 3.8) is 0 Å². The molecule has 0 spiro atoms. The summed E-state index contributed by atoms with van der Waals surface area (Å²) in [6, 6.07) is 11.9. The SMILES string of the molecule is O=C(Cn1c(=O)cnc2ccccc21)Nc1ccc2oc(=O)[nH]c2c1. The zero-order valence-corrected chi connectivity index (χ0v) is 12.9. The molecule has 2 N–H and O–H groups in total. The Morgan fingerprint density at radius 2 is 2.04 bits per heavy atom. The zero-order chi connectivity index (χ0) is 17.4. The Bertz CT molecular complexity index is 1220. The Hall–Kier alpha value is -3.68. The maximum absolute atomic E-state index is 12.3. The zero-order valence-electron chi connectivity index (χ0n) is 12.9. The lowest BCUT2D eigenvalue weighted by molar-refractivity contribution is -0.116. The van der Waals surface area contributed by atoms with Crippen LogP contribution in [0.4, 0.5) is 5.69 Å². The van der Waals surface area contributed by atoms with Gasteiger partial charge in [0.15, 0.2) is 5.58 Å². The number of aromatic amines is 1. The first-order valence-corrected chi connectivity index (χ1v) is 7.47. The van der Waals surface area contributed by atoms with Crippen molar-refractivity contribution in [3.8, 4) is 0 Å².